The number of urea groups is 1. The number of esters is 1. The number of carbonyl (C=O) groups excluding carboxylic acids is 3. The van der Waals surface area contributed by atoms with E-state index in [-0.39, 0.29) is 12.5 Å². The number of carbonyl (C=O) groups is 3. The second kappa shape index (κ2) is 9.79. The minimum Gasteiger partial charge on any atom is -0.497 e. The molecule has 1 aliphatic carbocycles. The lowest BCUT2D eigenvalue weighted by atomic mass is 9.86. The Hall–Kier alpha value is -2.57. The summed E-state index contributed by atoms with van der Waals surface area (Å²) < 4.78 is 9.96. The summed E-state index contributed by atoms with van der Waals surface area (Å²) in [4.78, 5) is 35.4. The highest BCUT2D eigenvalue weighted by Crippen LogP contribution is 2.23. The third-order valence-corrected chi connectivity index (χ3v) is 4.55. The molecule has 26 heavy (non-hydrogen) atoms. The van der Waals surface area contributed by atoms with Gasteiger partial charge in [0.25, 0.3) is 5.91 Å². The van der Waals surface area contributed by atoms with Gasteiger partial charge in [-0.05, 0) is 36.5 Å². The molecule has 0 aromatic heterocycles. The zero-order chi connectivity index (χ0) is 18.9. The number of nitrogens with one attached hydrogen (secondary N) is 2. The molecule has 1 aliphatic rings. The van der Waals surface area contributed by atoms with Gasteiger partial charge in [-0.3, -0.25) is 14.9 Å². The predicted molar refractivity (Wildman–Crippen MR) is 95.8 cm³/mol. The van der Waals surface area contributed by atoms with E-state index in [1.807, 2.05) is 0 Å². The Balaban J connectivity index is 1.68. The van der Waals surface area contributed by atoms with Crippen molar-refractivity contribution in [2.24, 2.45) is 5.92 Å². The Labute approximate surface area is 153 Å². The van der Waals surface area contributed by atoms with Crippen LogP contribution in [0.2, 0.25) is 0 Å². The summed E-state index contributed by atoms with van der Waals surface area (Å²) in [5, 5.41) is 5.01. The minimum absolute atomic E-state index is 0.0447. The maximum absolute atomic E-state index is 11.9. The standard InChI is InChI=1S/C19H26N2O5/c1-13-5-3-4-6-16(13)20-19(24)21-17(22)12-26-18(23)11-14-7-9-15(25-2)10-8-14/h7-10,13,16H,3-6,11-12H2,1-2H3,(H2,20,21,22,24)/t13-,16+/m1/s1. The third kappa shape index (κ3) is 6.38. The number of rotatable bonds is 6. The molecule has 0 heterocycles. The van der Waals surface area contributed by atoms with E-state index in [1.165, 1.54) is 6.42 Å². The van der Waals surface area contributed by atoms with Gasteiger partial charge in [-0.1, -0.05) is 31.9 Å². The zero-order valence-corrected chi connectivity index (χ0v) is 15.2. The van der Waals surface area contributed by atoms with Crippen LogP contribution in [0.1, 0.15) is 38.2 Å². The van der Waals surface area contributed by atoms with Gasteiger partial charge in [0.1, 0.15) is 5.75 Å². The van der Waals surface area contributed by atoms with E-state index in [2.05, 4.69) is 17.6 Å². The van der Waals surface area contributed by atoms with Crippen LogP contribution < -0.4 is 15.4 Å². The molecule has 1 fully saturated rings. The minimum atomic E-state index is -0.644. The SMILES string of the molecule is COc1ccc(CC(=O)OCC(=O)NC(=O)N[C@H]2CCCC[C@H]2C)cc1. The van der Waals surface area contributed by atoms with Gasteiger partial charge in [-0.25, -0.2) is 4.79 Å². The van der Waals surface area contributed by atoms with Gasteiger partial charge in [0, 0.05) is 6.04 Å². The zero-order valence-electron chi connectivity index (χ0n) is 15.2. The maximum Gasteiger partial charge on any atom is 0.321 e. The summed E-state index contributed by atoms with van der Waals surface area (Å²) in [5.41, 5.74) is 0.750. The van der Waals surface area contributed by atoms with Gasteiger partial charge in [0.05, 0.1) is 13.5 Å². The van der Waals surface area contributed by atoms with E-state index in [4.69, 9.17) is 9.47 Å². The van der Waals surface area contributed by atoms with Gasteiger partial charge in [0.2, 0.25) is 0 Å². The van der Waals surface area contributed by atoms with Crippen molar-refractivity contribution in [1.82, 2.24) is 10.6 Å². The van der Waals surface area contributed by atoms with Crippen LogP contribution in [0.25, 0.3) is 0 Å². The fraction of sp³-hybridized carbons (Fsp3) is 0.526. The Morgan fingerprint density at radius 2 is 1.81 bits per heavy atom. The lowest BCUT2D eigenvalue weighted by Gasteiger charge is -2.29. The molecule has 0 unspecified atom stereocenters. The molecule has 142 valence electrons. The average Bonchev–Trinajstić information content (AvgIpc) is 2.62. The van der Waals surface area contributed by atoms with E-state index in [9.17, 15) is 14.4 Å². The second-order valence-corrected chi connectivity index (χ2v) is 6.58. The lowest BCUT2D eigenvalue weighted by molar-refractivity contribution is -0.147. The highest BCUT2D eigenvalue weighted by molar-refractivity contribution is 5.95. The largest absolute Gasteiger partial charge is 0.497 e. The number of methoxy groups -OCH3 is 1. The average molecular weight is 362 g/mol. The molecule has 3 amide bonds. The van der Waals surface area contributed by atoms with Gasteiger partial charge in [0.15, 0.2) is 6.61 Å². The van der Waals surface area contributed by atoms with Crippen molar-refractivity contribution in [3.63, 3.8) is 0 Å². The lowest BCUT2D eigenvalue weighted by Crippen LogP contribution is -2.48. The summed E-state index contributed by atoms with van der Waals surface area (Å²) in [5.74, 6) is -0.0904. The van der Waals surface area contributed by atoms with Gasteiger partial charge in [-0.2, -0.15) is 0 Å². The summed E-state index contributed by atoms with van der Waals surface area (Å²) in [6.07, 6.45) is 4.28. The van der Waals surface area contributed by atoms with Crippen LogP contribution >= 0.6 is 0 Å². The molecule has 1 saturated carbocycles. The molecule has 0 radical (unpaired) electrons. The highest BCUT2D eigenvalue weighted by atomic mass is 16.5. The first kappa shape index (κ1) is 19.8. The van der Waals surface area contributed by atoms with Crippen LogP contribution in [-0.2, 0) is 20.7 Å². The Bertz CT molecular complexity index is 629. The van der Waals surface area contributed by atoms with Crippen molar-refractivity contribution in [2.75, 3.05) is 13.7 Å². The molecule has 7 nitrogen and oxygen atoms in total. The Morgan fingerprint density at radius 3 is 2.46 bits per heavy atom. The second-order valence-electron chi connectivity index (χ2n) is 6.58. The molecule has 0 aliphatic heterocycles. The monoisotopic (exact) mass is 362 g/mol. The topological polar surface area (TPSA) is 93.7 Å². The Morgan fingerprint density at radius 1 is 1.12 bits per heavy atom. The first-order valence-electron chi connectivity index (χ1n) is 8.87. The molecule has 2 N–H and O–H groups in total. The van der Waals surface area contributed by atoms with Crippen molar-refractivity contribution in [3.05, 3.63) is 29.8 Å². The number of imide groups is 1. The summed E-state index contributed by atoms with van der Waals surface area (Å²) in [6, 6.07) is 6.52. The van der Waals surface area contributed by atoms with E-state index >= 15 is 0 Å². The van der Waals surface area contributed by atoms with Crippen molar-refractivity contribution >= 4 is 17.9 Å². The van der Waals surface area contributed by atoms with Crippen LogP contribution in [0.5, 0.6) is 5.75 Å². The van der Waals surface area contributed by atoms with Crippen molar-refractivity contribution in [3.8, 4) is 5.75 Å². The molecule has 2 rings (SSSR count). The number of amides is 3. The van der Waals surface area contributed by atoms with Crippen molar-refractivity contribution < 1.29 is 23.9 Å². The molecule has 0 saturated heterocycles. The molecule has 7 heteroatoms. The highest BCUT2D eigenvalue weighted by Gasteiger charge is 2.23. The van der Waals surface area contributed by atoms with E-state index < -0.39 is 24.5 Å². The number of ether oxygens (including phenoxy) is 2. The molecule has 0 bridgehead atoms. The van der Waals surface area contributed by atoms with Gasteiger partial charge < -0.3 is 14.8 Å². The molecular formula is C19H26N2O5. The van der Waals surface area contributed by atoms with Crippen molar-refractivity contribution in [1.29, 1.82) is 0 Å². The normalized spacial score (nSPS) is 19.3. The Kier molecular flexibility index (Phi) is 7.44. The summed E-state index contributed by atoms with van der Waals surface area (Å²) in [7, 11) is 1.56. The van der Waals surface area contributed by atoms with Crippen LogP contribution in [0.4, 0.5) is 4.79 Å². The number of benzene rings is 1. The van der Waals surface area contributed by atoms with Gasteiger partial charge in [-0.15, -0.1) is 0 Å². The molecule has 1 aromatic carbocycles. The van der Waals surface area contributed by atoms with E-state index in [1.54, 1.807) is 31.4 Å². The summed E-state index contributed by atoms with van der Waals surface area (Å²) in [6.45, 7) is 1.61. The fourth-order valence-corrected chi connectivity index (χ4v) is 3.01. The first-order chi connectivity index (χ1) is 12.5. The van der Waals surface area contributed by atoms with Crippen molar-refractivity contribution in [2.45, 2.75) is 45.1 Å². The third-order valence-electron chi connectivity index (χ3n) is 4.55. The predicted octanol–water partition coefficient (Wildman–Crippen LogP) is 2.19. The molecular weight excluding hydrogens is 336 g/mol. The summed E-state index contributed by atoms with van der Waals surface area (Å²) >= 11 is 0. The van der Waals surface area contributed by atoms with E-state index in [0.717, 1.165) is 24.8 Å². The van der Waals surface area contributed by atoms with E-state index in [0.29, 0.717) is 11.7 Å². The number of hydrogen-bond acceptors (Lipinski definition) is 5. The number of hydrogen-bond donors (Lipinski definition) is 2. The molecule has 1 aromatic rings. The smallest absolute Gasteiger partial charge is 0.321 e. The quantitative estimate of drug-likeness (QED) is 0.757. The van der Waals surface area contributed by atoms with Crippen LogP contribution in [0, 0.1) is 5.92 Å². The van der Waals surface area contributed by atoms with Crippen LogP contribution in [-0.4, -0.2) is 37.7 Å². The maximum atomic E-state index is 11.9. The first-order valence-corrected chi connectivity index (χ1v) is 8.87. The molecule has 0 spiro atoms. The van der Waals surface area contributed by atoms with Crippen LogP contribution in [0.15, 0.2) is 24.3 Å². The van der Waals surface area contributed by atoms with Gasteiger partial charge >= 0.3 is 12.0 Å². The van der Waals surface area contributed by atoms with Crippen LogP contribution in [0.3, 0.4) is 0 Å². The fourth-order valence-electron chi connectivity index (χ4n) is 3.01. The molecule has 2 atom stereocenters.